The monoisotopic (exact) mass is 246 g/mol. The lowest BCUT2D eigenvalue weighted by atomic mass is 9.49. The number of anilines is 2. The fourth-order valence-corrected chi connectivity index (χ4v) is 5.38. The minimum atomic E-state index is 0.474. The summed E-state index contributed by atoms with van der Waals surface area (Å²) >= 11 is 0. The molecular formula is C14H22N4. The topological polar surface area (TPSA) is 69.9 Å². The van der Waals surface area contributed by atoms with Crippen LogP contribution in [-0.4, -0.2) is 9.78 Å². The van der Waals surface area contributed by atoms with Gasteiger partial charge >= 0.3 is 0 Å². The number of rotatable bonds is 2. The zero-order chi connectivity index (χ0) is 12.3. The molecule has 0 spiro atoms. The molecule has 4 nitrogen and oxygen atoms in total. The molecule has 4 saturated carbocycles. The van der Waals surface area contributed by atoms with E-state index in [1.54, 1.807) is 6.07 Å². The number of aromatic nitrogens is 2. The minimum absolute atomic E-state index is 0.474. The third-order valence-electron chi connectivity index (χ3n) is 5.48. The van der Waals surface area contributed by atoms with Crippen LogP contribution in [0.3, 0.4) is 0 Å². The summed E-state index contributed by atoms with van der Waals surface area (Å²) in [6.45, 7) is 0.986. The highest BCUT2D eigenvalue weighted by Gasteiger charge is 2.51. The van der Waals surface area contributed by atoms with Gasteiger partial charge in [0.05, 0.1) is 0 Å². The van der Waals surface area contributed by atoms with Gasteiger partial charge < -0.3 is 11.5 Å². The summed E-state index contributed by atoms with van der Waals surface area (Å²) in [5.74, 6) is 4.21. The highest BCUT2D eigenvalue weighted by molar-refractivity contribution is 5.41. The summed E-state index contributed by atoms with van der Waals surface area (Å²) in [5, 5.41) is 4.36. The molecule has 0 atom stereocenters. The van der Waals surface area contributed by atoms with Crippen LogP contribution in [0.15, 0.2) is 6.07 Å². The van der Waals surface area contributed by atoms with Crippen molar-refractivity contribution in [3.63, 3.8) is 0 Å². The fourth-order valence-electron chi connectivity index (χ4n) is 5.38. The standard InChI is InChI=1S/C14H22N4/c15-12-4-13(16)18(17-12)8-14-5-9-1-10(6-14)3-11(2-9)7-14/h4,9-11H,1-3,5-8,16H2,(H2,15,17). The Morgan fingerprint density at radius 1 is 1.11 bits per heavy atom. The van der Waals surface area contributed by atoms with E-state index < -0.39 is 0 Å². The highest BCUT2D eigenvalue weighted by Crippen LogP contribution is 2.60. The lowest BCUT2D eigenvalue weighted by Gasteiger charge is -2.56. The molecule has 0 radical (unpaired) electrons. The molecule has 4 aliphatic carbocycles. The third kappa shape index (κ3) is 1.54. The molecule has 1 aromatic heterocycles. The molecule has 1 aromatic rings. The van der Waals surface area contributed by atoms with Crippen LogP contribution >= 0.6 is 0 Å². The van der Waals surface area contributed by atoms with Crippen LogP contribution in [0.1, 0.15) is 38.5 Å². The van der Waals surface area contributed by atoms with Crippen molar-refractivity contribution in [2.45, 2.75) is 45.1 Å². The summed E-state index contributed by atoms with van der Waals surface area (Å²) in [6, 6.07) is 1.78. The molecule has 4 bridgehead atoms. The molecule has 0 aromatic carbocycles. The molecule has 98 valence electrons. The number of nitrogens with two attached hydrogens (primary N) is 2. The maximum Gasteiger partial charge on any atom is 0.147 e. The number of hydrogen-bond donors (Lipinski definition) is 2. The minimum Gasteiger partial charge on any atom is -0.384 e. The predicted molar refractivity (Wildman–Crippen MR) is 71.7 cm³/mol. The number of nitrogen functional groups attached to an aromatic ring is 2. The van der Waals surface area contributed by atoms with E-state index in [1.165, 1.54) is 38.5 Å². The van der Waals surface area contributed by atoms with Gasteiger partial charge in [-0.2, -0.15) is 5.10 Å². The van der Waals surface area contributed by atoms with Crippen molar-refractivity contribution >= 4 is 11.6 Å². The van der Waals surface area contributed by atoms with Crippen LogP contribution < -0.4 is 11.5 Å². The summed E-state index contributed by atoms with van der Waals surface area (Å²) in [6.07, 6.45) is 8.61. The first-order valence-electron chi connectivity index (χ1n) is 7.21. The summed E-state index contributed by atoms with van der Waals surface area (Å²) in [5.41, 5.74) is 12.2. The Morgan fingerprint density at radius 3 is 2.11 bits per heavy atom. The number of nitrogens with zero attached hydrogens (tertiary/aromatic N) is 2. The molecule has 0 amide bonds. The molecule has 4 fully saturated rings. The fraction of sp³-hybridized carbons (Fsp3) is 0.786. The van der Waals surface area contributed by atoms with Gasteiger partial charge in [-0.05, 0) is 61.7 Å². The van der Waals surface area contributed by atoms with Gasteiger partial charge in [0, 0.05) is 12.6 Å². The van der Waals surface area contributed by atoms with Gasteiger partial charge in [0.2, 0.25) is 0 Å². The van der Waals surface area contributed by atoms with Gasteiger partial charge in [-0.25, -0.2) is 4.68 Å². The molecule has 1 heterocycles. The van der Waals surface area contributed by atoms with Crippen molar-refractivity contribution in [3.8, 4) is 0 Å². The Balaban J connectivity index is 1.62. The van der Waals surface area contributed by atoms with Crippen LogP contribution in [0.25, 0.3) is 0 Å². The SMILES string of the molecule is Nc1cc(N)n(CC23CC4CC(CC(C4)C2)C3)n1. The molecule has 4 aliphatic rings. The maximum atomic E-state index is 5.99. The van der Waals surface area contributed by atoms with Gasteiger partial charge in [-0.15, -0.1) is 0 Å². The van der Waals surface area contributed by atoms with E-state index in [0.717, 1.165) is 30.1 Å². The molecule has 0 unspecified atom stereocenters. The van der Waals surface area contributed by atoms with Crippen molar-refractivity contribution in [1.82, 2.24) is 9.78 Å². The first kappa shape index (κ1) is 10.7. The van der Waals surface area contributed by atoms with E-state index in [4.69, 9.17) is 11.5 Å². The summed E-state index contributed by atoms with van der Waals surface area (Å²) < 4.78 is 1.95. The van der Waals surface area contributed by atoms with Crippen molar-refractivity contribution in [3.05, 3.63) is 6.07 Å². The van der Waals surface area contributed by atoms with E-state index >= 15 is 0 Å². The van der Waals surface area contributed by atoms with E-state index in [0.29, 0.717) is 11.2 Å². The average molecular weight is 246 g/mol. The molecule has 0 aliphatic heterocycles. The Bertz CT molecular complexity index is 441. The normalized spacial score (nSPS) is 41.4. The lowest BCUT2D eigenvalue weighted by Crippen LogP contribution is -2.48. The van der Waals surface area contributed by atoms with Crippen molar-refractivity contribution < 1.29 is 0 Å². The summed E-state index contributed by atoms with van der Waals surface area (Å²) in [7, 11) is 0. The Hall–Kier alpha value is -1.19. The predicted octanol–water partition coefficient (Wildman–Crippen LogP) is 2.26. The van der Waals surface area contributed by atoms with Crippen LogP contribution in [0, 0.1) is 23.2 Å². The lowest BCUT2D eigenvalue weighted by molar-refractivity contribution is -0.0631. The smallest absolute Gasteiger partial charge is 0.147 e. The second-order valence-corrected chi connectivity index (χ2v) is 7.07. The van der Waals surface area contributed by atoms with Crippen LogP contribution in [-0.2, 0) is 6.54 Å². The van der Waals surface area contributed by atoms with Gasteiger partial charge in [0.15, 0.2) is 0 Å². The molecular weight excluding hydrogens is 224 g/mol. The van der Waals surface area contributed by atoms with Crippen molar-refractivity contribution in [2.24, 2.45) is 23.2 Å². The van der Waals surface area contributed by atoms with Gasteiger partial charge in [-0.1, -0.05) is 0 Å². The Kier molecular flexibility index (Phi) is 2.04. The molecule has 0 saturated heterocycles. The zero-order valence-electron chi connectivity index (χ0n) is 10.8. The third-order valence-corrected chi connectivity index (χ3v) is 5.48. The van der Waals surface area contributed by atoms with Crippen molar-refractivity contribution in [1.29, 1.82) is 0 Å². The Morgan fingerprint density at radius 2 is 1.67 bits per heavy atom. The largest absolute Gasteiger partial charge is 0.384 e. The quantitative estimate of drug-likeness (QED) is 0.841. The first-order valence-corrected chi connectivity index (χ1v) is 7.21. The molecule has 4 N–H and O–H groups in total. The van der Waals surface area contributed by atoms with Gasteiger partial charge in [-0.3, -0.25) is 0 Å². The van der Waals surface area contributed by atoms with Crippen molar-refractivity contribution in [2.75, 3.05) is 11.5 Å². The molecule has 5 rings (SSSR count). The molecule has 4 heteroatoms. The van der Waals surface area contributed by atoms with E-state index in [2.05, 4.69) is 5.10 Å². The Labute approximate surface area is 108 Å². The van der Waals surface area contributed by atoms with Gasteiger partial charge in [0.25, 0.3) is 0 Å². The maximum absolute atomic E-state index is 5.99. The first-order chi connectivity index (χ1) is 8.62. The van der Waals surface area contributed by atoms with E-state index in [-0.39, 0.29) is 0 Å². The zero-order valence-corrected chi connectivity index (χ0v) is 10.8. The summed E-state index contributed by atoms with van der Waals surface area (Å²) in [4.78, 5) is 0. The van der Waals surface area contributed by atoms with Crippen LogP contribution in [0.4, 0.5) is 11.6 Å². The van der Waals surface area contributed by atoms with E-state index in [9.17, 15) is 0 Å². The second kappa shape index (κ2) is 3.43. The number of hydrogen-bond acceptors (Lipinski definition) is 3. The van der Waals surface area contributed by atoms with Gasteiger partial charge in [0.1, 0.15) is 11.6 Å². The second-order valence-electron chi connectivity index (χ2n) is 7.07. The molecule has 18 heavy (non-hydrogen) atoms. The van der Waals surface area contributed by atoms with Crippen LogP contribution in [0.2, 0.25) is 0 Å². The van der Waals surface area contributed by atoms with E-state index in [1.807, 2.05) is 4.68 Å². The highest BCUT2D eigenvalue weighted by atomic mass is 15.3. The average Bonchev–Trinajstić information content (AvgIpc) is 2.54. The van der Waals surface area contributed by atoms with Crippen LogP contribution in [0.5, 0.6) is 0 Å².